The van der Waals surface area contributed by atoms with Crippen LogP contribution in [0.2, 0.25) is 0 Å². The van der Waals surface area contributed by atoms with Crippen LogP contribution in [0.1, 0.15) is 88.5 Å². The van der Waals surface area contributed by atoms with E-state index >= 15 is 0 Å². The molecule has 1 atom stereocenters. The van der Waals surface area contributed by atoms with Crippen LogP contribution in [-0.4, -0.2) is 11.6 Å². The van der Waals surface area contributed by atoms with E-state index in [1.54, 1.807) is 12.1 Å². The fourth-order valence-corrected chi connectivity index (χ4v) is 4.54. The molecule has 0 saturated heterocycles. The Hall–Kier alpha value is -2.36. The SMILES string of the molecule is CCC(=O)CCC(c1cc(F)ccc1CC)C(C)(C)C(=O)CCc1cc(F)ccc1CC. The molecule has 0 N–H and O–H groups in total. The van der Waals surface area contributed by atoms with E-state index < -0.39 is 5.41 Å². The molecule has 0 heterocycles. The molecule has 2 aromatic carbocycles. The van der Waals surface area contributed by atoms with Crippen LogP contribution in [0.15, 0.2) is 36.4 Å². The molecular weight excluding hydrogens is 406 g/mol. The van der Waals surface area contributed by atoms with Gasteiger partial charge in [0.1, 0.15) is 23.2 Å². The van der Waals surface area contributed by atoms with E-state index in [4.69, 9.17) is 0 Å². The molecule has 0 saturated carbocycles. The summed E-state index contributed by atoms with van der Waals surface area (Å²) < 4.78 is 28.0. The van der Waals surface area contributed by atoms with Gasteiger partial charge in [0.2, 0.25) is 0 Å². The molecule has 2 aromatic rings. The normalized spacial score (nSPS) is 12.6. The topological polar surface area (TPSA) is 34.1 Å². The van der Waals surface area contributed by atoms with Crippen molar-refractivity contribution in [3.05, 3.63) is 70.3 Å². The Labute approximate surface area is 191 Å². The third kappa shape index (κ3) is 6.34. The maximum Gasteiger partial charge on any atom is 0.139 e. The van der Waals surface area contributed by atoms with Gasteiger partial charge in [-0.15, -0.1) is 0 Å². The second kappa shape index (κ2) is 11.5. The Morgan fingerprint density at radius 1 is 0.844 bits per heavy atom. The lowest BCUT2D eigenvalue weighted by molar-refractivity contribution is -0.129. The highest BCUT2D eigenvalue weighted by Crippen LogP contribution is 2.42. The van der Waals surface area contributed by atoms with E-state index in [1.807, 2.05) is 34.6 Å². The zero-order valence-corrected chi connectivity index (χ0v) is 20.1. The quantitative estimate of drug-likeness (QED) is 0.349. The van der Waals surface area contributed by atoms with Gasteiger partial charge in [-0.05, 0) is 78.1 Å². The predicted molar refractivity (Wildman–Crippen MR) is 126 cm³/mol. The Kier molecular flexibility index (Phi) is 9.30. The van der Waals surface area contributed by atoms with Crippen LogP contribution in [-0.2, 0) is 28.9 Å². The molecule has 0 radical (unpaired) electrons. The molecular formula is C28H36F2O2. The minimum Gasteiger partial charge on any atom is -0.300 e. The van der Waals surface area contributed by atoms with Crippen molar-refractivity contribution in [3.8, 4) is 0 Å². The van der Waals surface area contributed by atoms with Gasteiger partial charge in [0, 0.05) is 24.7 Å². The molecule has 0 bridgehead atoms. The van der Waals surface area contributed by atoms with Gasteiger partial charge in [-0.3, -0.25) is 9.59 Å². The fourth-order valence-electron chi connectivity index (χ4n) is 4.54. The largest absolute Gasteiger partial charge is 0.300 e. The van der Waals surface area contributed by atoms with E-state index in [-0.39, 0.29) is 35.5 Å². The molecule has 0 amide bonds. The summed E-state index contributed by atoms with van der Waals surface area (Å²) in [4.78, 5) is 25.5. The van der Waals surface area contributed by atoms with Crippen molar-refractivity contribution in [1.82, 2.24) is 0 Å². The first kappa shape index (κ1) is 25.9. The van der Waals surface area contributed by atoms with Crippen molar-refractivity contribution in [2.45, 2.75) is 85.5 Å². The van der Waals surface area contributed by atoms with E-state index in [1.165, 1.54) is 24.3 Å². The lowest BCUT2D eigenvalue weighted by atomic mass is 9.67. The lowest BCUT2D eigenvalue weighted by Crippen LogP contribution is -2.33. The number of hydrogen-bond acceptors (Lipinski definition) is 2. The molecule has 0 aliphatic carbocycles. The van der Waals surface area contributed by atoms with E-state index in [2.05, 4.69) is 0 Å². The van der Waals surface area contributed by atoms with Gasteiger partial charge < -0.3 is 0 Å². The molecule has 174 valence electrons. The summed E-state index contributed by atoms with van der Waals surface area (Å²) in [6.45, 7) is 9.65. The number of rotatable bonds is 12. The average Bonchev–Trinajstić information content (AvgIpc) is 2.77. The van der Waals surface area contributed by atoms with Crippen LogP contribution in [0, 0.1) is 17.0 Å². The number of ketones is 2. The highest BCUT2D eigenvalue weighted by atomic mass is 19.1. The molecule has 32 heavy (non-hydrogen) atoms. The van der Waals surface area contributed by atoms with E-state index in [9.17, 15) is 18.4 Å². The zero-order chi connectivity index (χ0) is 23.9. The van der Waals surface area contributed by atoms with Gasteiger partial charge in [-0.2, -0.15) is 0 Å². The Morgan fingerprint density at radius 3 is 2.03 bits per heavy atom. The standard InChI is InChI=1S/C28H36F2O2/c1-6-19-9-12-22(29)17-21(19)11-16-27(32)28(4,5)26(15-14-24(31)8-3)25-18-23(30)13-10-20(25)7-2/h9-10,12-13,17-18,26H,6-8,11,14-16H2,1-5H3. The third-order valence-electron chi connectivity index (χ3n) is 6.73. The Morgan fingerprint density at radius 2 is 1.44 bits per heavy atom. The second-order valence-corrected chi connectivity index (χ2v) is 9.09. The highest BCUT2D eigenvalue weighted by molar-refractivity contribution is 5.86. The zero-order valence-electron chi connectivity index (χ0n) is 20.1. The molecule has 0 aromatic heterocycles. The first-order chi connectivity index (χ1) is 15.1. The summed E-state index contributed by atoms with van der Waals surface area (Å²) in [5.74, 6) is -0.717. The van der Waals surface area contributed by atoms with Crippen molar-refractivity contribution < 1.29 is 18.4 Å². The maximum absolute atomic E-state index is 14.2. The summed E-state index contributed by atoms with van der Waals surface area (Å²) in [6.07, 6.45) is 3.55. The summed E-state index contributed by atoms with van der Waals surface area (Å²) in [5.41, 5.74) is 2.93. The van der Waals surface area contributed by atoms with E-state index in [0.717, 1.165) is 35.1 Å². The summed E-state index contributed by atoms with van der Waals surface area (Å²) in [5, 5.41) is 0. The second-order valence-electron chi connectivity index (χ2n) is 9.09. The van der Waals surface area contributed by atoms with Crippen LogP contribution in [0.3, 0.4) is 0 Å². The molecule has 2 rings (SSSR count). The highest BCUT2D eigenvalue weighted by Gasteiger charge is 2.38. The van der Waals surface area contributed by atoms with Crippen LogP contribution in [0.25, 0.3) is 0 Å². The van der Waals surface area contributed by atoms with Gasteiger partial charge in [-0.25, -0.2) is 8.78 Å². The molecule has 2 nitrogen and oxygen atoms in total. The van der Waals surface area contributed by atoms with Crippen molar-refractivity contribution >= 4 is 11.6 Å². The number of hydrogen-bond donors (Lipinski definition) is 0. The molecule has 1 unspecified atom stereocenters. The third-order valence-corrected chi connectivity index (χ3v) is 6.73. The van der Waals surface area contributed by atoms with E-state index in [0.29, 0.717) is 25.7 Å². The van der Waals surface area contributed by atoms with Crippen molar-refractivity contribution in [2.75, 3.05) is 0 Å². The number of benzene rings is 2. The van der Waals surface area contributed by atoms with Gasteiger partial charge in [0.25, 0.3) is 0 Å². The van der Waals surface area contributed by atoms with Crippen LogP contribution < -0.4 is 0 Å². The average molecular weight is 443 g/mol. The molecule has 0 spiro atoms. The number of carbonyl (C=O) groups is 2. The van der Waals surface area contributed by atoms with Crippen LogP contribution >= 0.6 is 0 Å². The molecule has 4 heteroatoms. The first-order valence-electron chi connectivity index (χ1n) is 11.7. The van der Waals surface area contributed by atoms with Gasteiger partial charge in [0.05, 0.1) is 0 Å². The minimum absolute atomic E-state index is 0.0454. The number of carbonyl (C=O) groups excluding carboxylic acids is 2. The molecule has 0 aliphatic rings. The molecule has 0 aliphatic heterocycles. The number of aryl methyl sites for hydroxylation is 3. The van der Waals surface area contributed by atoms with Gasteiger partial charge in [-0.1, -0.05) is 46.8 Å². The van der Waals surface area contributed by atoms with Gasteiger partial charge >= 0.3 is 0 Å². The number of Topliss-reactive ketones (excluding diaryl/α,β-unsaturated/α-hetero) is 2. The smallest absolute Gasteiger partial charge is 0.139 e. The monoisotopic (exact) mass is 442 g/mol. The van der Waals surface area contributed by atoms with Crippen molar-refractivity contribution in [3.63, 3.8) is 0 Å². The lowest BCUT2D eigenvalue weighted by Gasteiger charge is -2.35. The van der Waals surface area contributed by atoms with Crippen LogP contribution in [0.5, 0.6) is 0 Å². The van der Waals surface area contributed by atoms with Gasteiger partial charge in [0.15, 0.2) is 0 Å². The fraction of sp³-hybridized carbons (Fsp3) is 0.500. The van der Waals surface area contributed by atoms with Crippen molar-refractivity contribution in [1.29, 1.82) is 0 Å². The summed E-state index contributed by atoms with van der Waals surface area (Å²) >= 11 is 0. The number of halogens is 2. The first-order valence-corrected chi connectivity index (χ1v) is 11.7. The Balaban J connectivity index is 2.34. The minimum atomic E-state index is -0.786. The maximum atomic E-state index is 14.2. The summed E-state index contributed by atoms with van der Waals surface area (Å²) in [6, 6.07) is 9.49. The Bertz CT molecular complexity index is 946. The predicted octanol–water partition coefficient (Wildman–Crippen LogP) is 7.16. The van der Waals surface area contributed by atoms with Crippen LogP contribution in [0.4, 0.5) is 8.78 Å². The molecule has 0 fully saturated rings. The van der Waals surface area contributed by atoms with Crippen molar-refractivity contribution in [2.24, 2.45) is 5.41 Å². The summed E-state index contributed by atoms with van der Waals surface area (Å²) in [7, 11) is 0.